The van der Waals surface area contributed by atoms with E-state index in [0.717, 1.165) is 31.2 Å². The number of ketones is 1. The van der Waals surface area contributed by atoms with E-state index in [0.29, 0.717) is 17.8 Å². The van der Waals surface area contributed by atoms with Gasteiger partial charge >= 0.3 is 0 Å². The molecule has 1 aromatic carbocycles. The van der Waals surface area contributed by atoms with Gasteiger partial charge in [0, 0.05) is 24.2 Å². The van der Waals surface area contributed by atoms with Gasteiger partial charge in [0.1, 0.15) is 18.2 Å². The average Bonchev–Trinajstić information content (AvgIpc) is 3.04. The number of carbonyl (C=O) groups is 1. The predicted molar refractivity (Wildman–Crippen MR) is 83.7 cm³/mol. The summed E-state index contributed by atoms with van der Waals surface area (Å²) in [6.07, 6.45) is 7.72. The van der Waals surface area contributed by atoms with Gasteiger partial charge in [0.25, 0.3) is 0 Å². The zero-order valence-corrected chi connectivity index (χ0v) is 12.8. The van der Waals surface area contributed by atoms with Gasteiger partial charge in [0.2, 0.25) is 0 Å². The van der Waals surface area contributed by atoms with Gasteiger partial charge in [-0.25, -0.2) is 14.4 Å². The highest BCUT2D eigenvalue weighted by Gasteiger charge is 2.36. The lowest BCUT2D eigenvalue weighted by Crippen LogP contribution is -2.26. The first-order chi connectivity index (χ1) is 11.1. The Bertz CT molecular complexity index is 694. The maximum Gasteiger partial charge on any atom is 0.191 e. The molecule has 1 aromatic heterocycles. The van der Waals surface area contributed by atoms with Crippen LogP contribution in [0.1, 0.15) is 47.4 Å². The summed E-state index contributed by atoms with van der Waals surface area (Å²) < 4.78 is 13.6. The molecule has 1 aliphatic rings. The van der Waals surface area contributed by atoms with E-state index in [4.69, 9.17) is 5.11 Å². The molecule has 1 N–H and O–H groups in total. The number of benzene rings is 1. The summed E-state index contributed by atoms with van der Waals surface area (Å²) in [6.45, 7) is -0.546. The molecular weight excluding hydrogens is 295 g/mol. The summed E-state index contributed by atoms with van der Waals surface area (Å²) in [4.78, 5) is 20.0. The summed E-state index contributed by atoms with van der Waals surface area (Å²) in [5.74, 6) is 0.0292. The van der Waals surface area contributed by atoms with Gasteiger partial charge in [0.05, 0.1) is 5.56 Å². The van der Waals surface area contributed by atoms with E-state index >= 15 is 0 Å². The minimum Gasteiger partial charge on any atom is -0.388 e. The molecule has 0 unspecified atom stereocenters. The number of rotatable bonds is 5. The van der Waals surface area contributed by atoms with E-state index in [-0.39, 0.29) is 11.2 Å². The second-order valence-corrected chi connectivity index (χ2v) is 6.14. The Labute approximate surface area is 134 Å². The van der Waals surface area contributed by atoms with Crippen LogP contribution in [-0.4, -0.2) is 27.5 Å². The molecule has 1 aliphatic carbocycles. The molecule has 0 atom stereocenters. The van der Waals surface area contributed by atoms with Crippen molar-refractivity contribution in [2.45, 2.75) is 37.5 Å². The summed E-state index contributed by atoms with van der Waals surface area (Å²) in [5.41, 5.74) is 1.17. The average molecular weight is 314 g/mol. The molecule has 4 nitrogen and oxygen atoms in total. The van der Waals surface area contributed by atoms with Crippen molar-refractivity contribution < 1.29 is 14.3 Å². The molecule has 23 heavy (non-hydrogen) atoms. The number of aromatic nitrogens is 2. The normalized spacial score (nSPS) is 16.4. The van der Waals surface area contributed by atoms with Crippen LogP contribution in [0.3, 0.4) is 0 Å². The first-order valence-electron chi connectivity index (χ1n) is 7.84. The molecule has 2 aromatic rings. The summed E-state index contributed by atoms with van der Waals surface area (Å²) >= 11 is 0. The van der Waals surface area contributed by atoms with Crippen LogP contribution in [0.15, 0.2) is 36.7 Å². The fraction of sp³-hybridized carbons (Fsp3) is 0.389. The van der Waals surface area contributed by atoms with Gasteiger partial charge in [-0.05, 0) is 30.5 Å². The monoisotopic (exact) mass is 314 g/mol. The minimum atomic E-state index is -0.546. The fourth-order valence-corrected chi connectivity index (χ4v) is 3.42. The minimum absolute atomic E-state index is 0.134. The summed E-state index contributed by atoms with van der Waals surface area (Å²) in [6, 6.07) is 6.78. The molecular formula is C18H19FN2O2. The van der Waals surface area contributed by atoms with Gasteiger partial charge in [-0.3, -0.25) is 4.79 Å². The maximum atomic E-state index is 13.6. The topological polar surface area (TPSA) is 63.1 Å². The standard InChI is InChI=1S/C18H19FN2O2/c19-15-5-3-4-14(8-15)18(6-1-2-7-18)9-17-20-10-13(11-21-17)16(23)12-22/h3-5,8,10-11,22H,1-2,6-7,9,12H2. The second kappa shape index (κ2) is 6.54. The van der Waals surface area contributed by atoms with Crippen LogP contribution < -0.4 is 0 Å². The smallest absolute Gasteiger partial charge is 0.191 e. The number of hydrogen-bond acceptors (Lipinski definition) is 4. The lowest BCUT2D eigenvalue weighted by Gasteiger charge is -2.29. The Kier molecular flexibility index (Phi) is 4.48. The number of Topliss-reactive ketones (excluding diaryl/α,β-unsaturated/α-hetero) is 1. The highest BCUT2D eigenvalue weighted by atomic mass is 19.1. The molecule has 0 spiro atoms. The van der Waals surface area contributed by atoms with Crippen molar-refractivity contribution in [1.29, 1.82) is 0 Å². The van der Waals surface area contributed by atoms with Crippen LogP contribution in [0.2, 0.25) is 0 Å². The van der Waals surface area contributed by atoms with Crippen LogP contribution in [0, 0.1) is 5.82 Å². The molecule has 1 saturated carbocycles. The van der Waals surface area contributed by atoms with Crippen molar-refractivity contribution in [1.82, 2.24) is 9.97 Å². The SMILES string of the molecule is O=C(CO)c1cnc(CC2(c3cccc(F)c3)CCCC2)nc1. The first kappa shape index (κ1) is 15.7. The van der Waals surface area contributed by atoms with E-state index in [1.165, 1.54) is 18.5 Å². The fourth-order valence-electron chi connectivity index (χ4n) is 3.42. The van der Waals surface area contributed by atoms with E-state index in [1.807, 2.05) is 6.07 Å². The van der Waals surface area contributed by atoms with Crippen molar-refractivity contribution in [3.8, 4) is 0 Å². The molecule has 1 heterocycles. The molecule has 3 rings (SSSR count). The van der Waals surface area contributed by atoms with E-state index in [1.54, 1.807) is 12.1 Å². The van der Waals surface area contributed by atoms with Gasteiger partial charge in [-0.1, -0.05) is 25.0 Å². The van der Waals surface area contributed by atoms with Crippen LogP contribution in [0.4, 0.5) is 4.39 Å². The van der Waals surface area contributed by atoms with E-state index in [9.17, 15) is 9.18 Å². The van der Waals surface area contributed by atoms with Crippen LogP contribution in [0.5, 0.6) is 0 Å². The quantitative estimate of drug-likeness (QED) is 0.862. The van der Waals surface area contributed by atoms with Crippen molar-refractivity contribution in [3.63, 3.8) is 0 Å². The zero-order valence-electron chi connectivity index (χ0n) is 12.8. The largest absolute Gasteiger partial charge is 0.388 e. The summed E-state index contributed by atoms with van der Waals surface area (Å²) in [5, 5.41) is 8.86. The van der Waals surface area contributed by atoms with Crippen LogP contribution in [0.25, 0.3) is 0 Å². The molecule has 0 saturated heterocycles. The number of hydrogen-bond donors (Lipinski definition) is 1. The Hall–Kier alpha value is -2.14. The molecule has 0 aliphatic heterocycles. The molecule has 0 bridgehead atoms. The molecule has 5 heteroatoms. The maximum absolute atomic E-state index is 13.6. The number of aliphatic hydroxyl groups excluding tert-OH is 1. The third-order valence-electron chi connectivity index (χ3n) is 4.67. The molecule has 0 radical (unpaired) electrons. The number of aliphatic hydroxyl groups is 1. The Morgan fingerprint density at radius 1 is 1.22 bits per heavy atom. The number of halogens is 1. The highest BCUT2D eigenvalue weighted by Crippen LogP contribution is 2.43. The second-order valence-electron chi connectivity index (χ2n) is 6.14. The van der Waals surface area contributed by atoms with Gasteiger partial charge in [-0.2, -0.15) is 0 Å². The van der Waals surface area contributed by atoms with Gasteiger partial charge in [-0.15, -0.1) is 0 Å². The van der Waals surface area contributed by atoms with E-state index in [2.05, 4.69) is 9.97 Å². The Morgan fingerprint density at radius 3 is 2.52 bits per heavy atom. The van der Waals surface area contributed by atoms with Crippen molar-refractivity contribution >= 4 is 5.78 Å². The third-order valence-corrected chi connectivity index (χ3v) is 4.67. The molecule has 0 amide bonds. The van der Waals surface area contributed by atoms with Gasteiger partial charge in [0.15, 0.2) is 5.78 Å². The van der Waals surface area contributed by atoms with Crippen molar-refractivity contribution in [2.24, 2.45) is 0 Å². The highest BCUT2D eigenvalue weighted by molar-refractivity contribution is 5.96. The number of carbonyl (C=O) groups excluding carboxylic acids is 1. The number of nitrogens with zero attached hydrogens (tertiary/aromatic N) is 2. The third kappa shape index (κ3) is 3.29. The predicted octanol–water partition coefficient (Wildman–Crippen LogP) is 2.85. The summed E-state index contributed by atoms with van der Waals surface area (Å²) in [7, 11) is 0. The Balaban J connectivity index is 1.87. The Morgan fingerprint density at radius 2 is 1.91 bits per heavy atom. The van der Waals surface area contributed by atoms with Gasteiger partial charge < -0.3 is 5.11 Å². The molecule has 1 fully saturated rings. The lowest BCUT2D eigenvalue weighted by atomic mass is 9.76. The van der Waals surface area contributed by atoms with Crippen LogP contribution >= 0.6 is 0 Å². The lowest BCUT2D eigenvalue weighted by molar-refractivity contribution is 0.0903. The van der Waals surface area contributed by atoms with Crippen molar-refractivity contribution in [2.75, 3.05) is 6.61 Å². The van der Waals surface area contributed by atoms with Crippen molar-refractivity contribution in [3.05, 3.63) is 59.4 Å². The molecule has 120 valence electrons. The van der Waals surface area contributed by atoms with Crippen LogP contribution in [-0.2, 0) is 11.8 Å². The van der Waals surface area contributed by atoms with E-state index < -0.39 is 12.4 Å². The first-order valence-corrected chi connectivity index (χ1v) is 7.84. The zero-order chi connectivity index (χ0) is 16.3.